The highest BCUT2D eigenvalue weighted by molar-refractivity contribution is 6.03. The number of fused-ring (bicyclic) bond motifs is 2. The smallest absolute Gasteiger partial charge is 0.341 e. The zero-order valence-corrected chi connectivity index (χ0v) is 15.5. The van der Waals surface area contributed by atoms with Crippen LogP contribution >= 0.6 is 0 Å². The topological polar surface area (TPSA) is 98.8 Å². The van der Waals surface area contributed by atoms with Crippen LogP contribution in [0.2, 0.25) is 0 Å². The third-order valence-electron chi connectivity index (χ3n) is 4.10. The summed E-state index contributed by atoms with van der Waals surface area (Å²) in [6.45, 7) is 4.73. The van der Waals surface area contributed by atoms with Gasteiger partial charge >= 0.3 is 12.0 Å². The summed E-state index contributed by atoms with van der Waals surface area (Å²) in [7, 11) is 0. The van der Waals surface area contributed by atoms with E-state index in [4.69, 9.17) is 14.2 Å². The molecule has 0 radical (unpaired) electrons. The number of hydrogen-bond acceptors (Lipinski definition) is 6. The number of unbranched alkanes of at least 4 members (excludes halogenated alkanes) is 2. The molecule has 0 atom stereocenters. The summed E-state index contributed by atoms with van der Waals surface area (Å²) in [6.07, 6.45) is 3.00. The Morgan fingerprint density at radius 1 is 1.15 bits per heavy atom. The lowest BCUT2D eigenvalue weighted by Gasteiger charge is -2.12. The van der Waals surface area contributed by atoms with Gasteiger partial charge in [-0.25, -0.2) is 14.6 Å². The minimum Gasteiger partial charge on any atom is -0.462 e. The van der Waals surface area contributed by atoms with Crippen molar-refractivity contribution in [2.45, 2.75) is 33.1 Å². The van der Waals surface area contributed by atoms with Gasteiger partial charge < -0.3 is 19.5 Å². The quantitative estimate of drug-likeness (QED) is 0.570. The van der Waals surface area contributed by atoms with Crippen LogP contribution in [-0.4, -0.2) is 36.9 Å². The van der Waals surface area contributed by atoms with Gasteiger partial charge in [0.25, 0.3) is 0 Å². The molecule has 27 heavy (non-hydrogen) atoms. The van der Waals surface area contributed by atoms with Gasteiger partial charge in [0.15, 0.2) is 11.5 Å². The summed E-state index contributed by atoms with van der Waals surface area (Å²) < 4.78 is 15.8. The van der Waals surface area contributed by atoms with Gasteiger partial charge in [0.2, 0.25) is 6.79 Å². The van der Waals surface area contributed by atoms with Crippen molar-refractivity contribution in [3.63, 3.8) is 0 Å². The molecule has 1 aromatic heterocycles. The number of carbonyl (C=O) groups is 2. The minimum atomic E-state index is -0.550. The van der Waals surface area contributed by atoms with Crippen LogP contribution in [0.25, 0.3) is 10.9 Å². The summed E-state index contributed by atoms with van der Waals surface area (Å²) >= 11 is 0. The maximum Gasteiger partial charge on any atom is 0.341 e. The Balaban J connectivity index is 1.88. The lowest BCUT2D eigenvalue weighted by atomic mass is 10.1. The minimum absolute atomic E-state index is 0.141. The fourth-order valence-corrected chi connectivity index (χ4v) is 2.75. The van der Waals surface area contributed by atoms with Crippen molar-refractivity contribution in [2.75, 3.05) is 25.3 Å². The average Bonchev–Trinajstić information content (AvgIpc) is 3.10. The SMILES string of the molecule is CCCCCNC(=O)Nc1nc2cc3c(cc2cc1C(=O)OCC)OCO3. The summed E-state index contributed by atoms with van der Waals surface area (Å²) in [4.78, 5) is 28.9. The van der Waals surface area contributed by atoms with Crippen LogP contribution < -0.4 is 20.1 Å². The number of rotatable bonds is 7. The molecule has 1 aliphatic heterocycles. The number of benzene rings is 1. The summed E-state index contributed by atoms with van der Waals surface area (Å²) in [5.41, 5.74) is 0.764. The summed E-state index contributed by atoms with van der Waals surface area (Å²) in [6, 6.07) is 4.69. The van der Waals surface area contributed by atoms with Crippen LogP contribution in [0, 0.1) is 0 Å². The zero-order chi connectivity index (χ0) is 19.2. The van der Waals surface area contributed by atoms with E-state index in [1.807, 2.05) is 0 Å². The number of nitrogens with zero attached hydrogens (tertiary/aromatic N) is 1. The average molecular weight is 373 g/mol. The second-order valence-electron chi connectivity index (χ2n) is 6.09. The molecule has 8 nitrogen and oxygen atoms in total. The number of urea groups is 1. The van der Waals surface area contributed by atoms with E-state index in [9.17, 15) is 9.59 Å². The highest BCUT2D eigenvalue weighted by Crippen LogP contribution is 2.36. The van der Waals surface area contributed by atoms with Gasteiger partial charge in [0.05, 0.1) is 12.1 Å². The third kappa shape index (κ3) is 4.39. The van der Waals surface area contributed by atoms with Crippen molar-refractivity contribution in [1.82, 2.24) is 10.3 Å². The van der Waals surface area contributed by atoms with Crippen molar-refractivity contribution < 1.29 is 23.8 Å². The molecule has 0 bridgehead atoms. The molecule has 0 aliphatic carbocycles. The van der Waals surface area contributed by atoms with Crippen molar-refractivity contribution >= 4 is 28.7 Å². The Bertz CT molecular complexity index is 853. The molecule has 0 unspecified atom stereocenters. The number of anilines is 1. The van der Waals surface area contributed by atoms with Crippen molar-refractivity contribution in [3.05, 3.63) is 23.8 Å². The van der Waals surface area contributed by atoms with E-state index in [1.54, 1.807) is 25.1 Å². The van der Waals surface area contributed by atoms with E-state index in [0.29, 0.717) is 28.9 Å². The van der Waals surface area contributed by atoms with Crippen LogP contribution in [0.3, 0.4) is 0 Å². The molecular weight excluding hydrogens is 350 g/mol. The Morgan fingerprint density at radius 2 is 1.93 bits per heavy atom. The number of aromatic nitrogens is 1. The number of ether oxygens (including phenoxy) is 3. The molecule has 1 aromatic carbocycles. The lowest BCUT2D eigenvalue weighted by Crippen LogP contribution is -2.30. The molecule has 2 N–H and O–H groups in total. The number of nitrogens with one attached hydrogen (secondary N) is 2. The first-order valence-corrected chi connectivity index (χ1v) is 9.08. The van der Waals surface area contributed by atoms with Crippen LogP contribution in [0.15, 0.2) is 18.2 Å². The fourth-order valence-electron chi connectivity index (χ4n) is 2.75. The molecule has 0 saturated carbocycles. The second kappa shape index (κ2) is 8.57. The molecule has 144 valence electrons. The van der Waals surface area contributed by atoms with E-state index in [1.165, 1.54) is 0 Å². The molecule has 2 amide bonds. The lowest BCUT2D eigenvalue weighted by molar-refractivity contribution is 0.0527. The van der Waals surface area contributed by atoms with Gasteiger partial charge in [0.1, 0.15) is 11.4 Å². The number of pyridine rings is 1. The Kier molecular flexibility index (Phi) is 5.95. The molecular formula is C19H23N3O5. The predicted octanol–water partition coefficient (Wildman–Crippen LogP) is 3.45. The van der Waals surface area contributed by atoms with Gasteiger partial charge in [-0.1, -0.05) is 19.8 Å². The molecule has 8 heteroatoms. The van der Waals surface area contributed by atoms with Gasteiger partial charge in [-0.3, -0.25) is 5.32 Å². The highest BCUT2D eigenvalue weighted by atomic mass is 16.7. The molecule has 2 heterocycles. The Labute approximate surface area is 157 Å². The normalized spacial score (nSPS) is 12.1. The van der Waals surface area contributed by atoms with E-state index in [0.717, 1.165) is 19.3 Å². The van der Waals surface area contributed by atoms with Crippen LogP contribution in [0.5, 0.6) is 11.5 Å². The number of carbonyl (C=O) groups excluding carboxylic acids is 2. The Hall–Kier alpha value is -3.03. The summed E-state index contributed by atoms with van der Waals surface area (Å²) in [5, 5.41) is 6.11. The molecule has 3 rings (SSSR count). The number of amides is 2. The second-order valence-corrected chi connectivity index (χ2v) is 6.09. The van der Waals surface area contributed by atoms with Gasteiger partial charge in [-0.05, 0) is 25.5 Å². The fraction of sp³-hybridized carbons (Fsp3) is 0.421. The number of hydrogen-bond donors (Lipinski definition) is 2. The largest absolute Gasteiger partial charge is 0.462 e. The van der Waals surface area contributed by atoms with E-state index >= 15 is 0 Å². The van der Waals surface area contributed by atoms with E-state index in [2.05, 4.69) is 22.5 Å². The van der Waals surface area contributed by atoms with Crippen LogP contribution in [0.4, 0.5) is 10.6 Å². The third-order valence-corrected chi connectivity index (χ3v) is 4.10. The predicted molar refractivity (Wildman–Crippen MR) is 100 cm³/mol. The van der Waals surface area contributed by atoms with Gasteiger partial charge in [0, 0.05) is 18.0 Å². The molecule has 0 spiro atoms. The zero-order valence-electron chi connectivity index (χ0n) is 15.5. The maximum absolute atomic E-state index is 12.3. The summed E-state index contributed by atoms with van der Waals surface area (Å²) in [5.74, 6) is 0.765. The first kappa shape index (κ1) is 18.8. The van der Waals surface area contributed by atoms with Crippen molar-refractivity contribution in [3.8, 4) is 11.5 Å². The van der Waals surface area contributed by atoms with Crippen LogP contribution in [0.1, 0.15) is 43.5 Å². The number of esters is 1. The standard InChI is InChI=1S/C19H23N3O5/c1-3-5-6-7-20-19(24)22-17-13(18(23)25-4-2)8-12-9-15-16(27-11-26-15)10-14(12)21-17/h8-10H,3-7,11H2,1-2H3,(H2,20,21,22,24). The van der Waals surface area contributed by atoms with Gasteiger partial charge in [-0.15, -0.1) is 0 Å². The first-order valence-electron chi connectivity index (χ1n) is 9.08. The first-order chi connectivity index (χ1) is 13.1. The molecule has 2 aromatic rings. The van der Waals surface area contributed by atoms with Crippen molar-refractivity contribution in [2.24, 2.45) is 0 Å². The monoisotopic (exact) mass is 373 g/mol. The Morgan fingerprint density at radius 3 is 2.67 bits per heavy atom. The van der Waals surface area contributed by atoms with Crippen LogP contribution in [-0.2, 0) is 4.74 Å². The van der Waals surface area contributed by atoms with Crippen molar-refractivity contribution in [1.29, 1.82) is 0 Å². The molecule has 0 saturated heterocycles. The molecule has 0 fully saturated rings. The van der Waals surface area contributed by atoms with Gasteiger partial charge in [-0.2, -0.15) is 0 Å². The van der Waals surface area contributed by atoms with E-state index < -0.39 is 12.0 Å². The molecule has 1 aliphatic rings. The maximum atomic E-state index is 12.3. The van der Waals surface area contributed by atoms with E-state index in [-0.39, 0.29) is 24.8 Å². The highest BCUT2D eigenvalue weighted by Gasteiger charge is 2.20.